The second kappa shape index (κ2) is 3.11. The van der Waals surface area contributed by atoms with Crippen LogP contribution in [0.15, 0.2) is 6.07 Å². The first-order valence-electron chi connectivity index (χ1n) is 4.81. The third-order valence-corrected chi connectivity index (χ3v) is 2.74. The summed E-state index contributed by atoms with van der Waals surface area (Å²) in [6.45, 7) is 6.43. The van der Waals surface area contributed by atoms with E-state index in [1.54, 1.807) is 0 Å². The second-order valence-electron chi connectivity index (χ2n) is 3.97. The molecule has 0 bridgehead atoms. The quantitative estimate of drug-likeness (QED) is 0.598. The van der Waals surface area contributed by atoms with E-state index in [1.165, 1.54) is 29.8 Å². The molecule has 0 saturated heterocycles. The zero-order chi connectivity index (χ0) is 9.42. The molecule has 0 aromatic carbocycles. The molecule has 0 saturated carbocycles. The van der Waals surface area contributed by atoms with E-state index >= 15 is 0 Å². The predicted octanol–water partition coefficient (Wildman–Crippen LogP) is 1.69. The Bertz CT molecular complexity index is 331. The highest BCUT2D eigenvalue weighted by Crippen LogP contribution is 2.20. The Labute approximate surface area is 79.6 Å². The second-order valence-corrected chi connectivity index (χ2v) is 3.97. The van der Waals surface area contributed by atoms with Gasteiger partial charge in [-0.3, -0.25) is 4.98 Å². The zero-order valence-corrected chi connectivity index (χ0v) is 8.59. The minimum Gasteiger partial charge on any atom is -0.302 e. The highest BCUT2D eigenvalue weighted by Gasteiger charge is 2.15. The number of nitrogens with zero attached hydrogens (tertiary/aromatic N) is 2. The molecule has 0 N–H and O–H groups in total. The van der Waals surface area contributed by atoms with E-state index in [4.69, 9.17) is 0 Å². The number of aromatic nitrogens is 1. The van der Waals surface area contributed by atoms with Crippen molar-refractivity contribution in [3.05, 3.63) is 28.6 Å². The van der Waals surface area contributed by atoms with Crippen molar-refractivity contribution >= 4 is 0 Å². The fourth-order valence-corrected chi connectivity index (χ4v) is 2.04. The van der Waals surface area contributed by atoms with Crippen LogP contribution in [0.1, 0.15) is 22.5 Å². The lowest BCUT2D eigenvalue weighted by Gasteiger charge is -2.26. The van der Waals surface area contributed by atoms with Gasteiger partial charge >= 0.3 is 0 Å². The Hall–Kier alpha value is -0.890. The van der Waals surface area contributed by atoms with Crippen LogP contribution in [0.4, 0.5) is 0 Å². The summed E-state index contributed by atoms with van der Waals surface area (Å²) in [6, 6.07) is 2.23. The third kappa shape index (κ3) is 1.59. The van der Waals surface area contributed by atoms with Gasteiger partial charge in [-0.1, -0.05) is 0 Å². The molecule has 70 valence electrons. The van der Waals surface area contributed by atoms with E-state index in [9.17, 15) is 0 Å². The van der Waals surface area contributed by atoms with Crippen LogP contribution in [0, 0.1) is 13.8 Å². The van der Waals surface area contributed by atoms with Crippen LogP contribution >= 0.6 is 0 Å². The molecule has 0 aliphatic carbocycles. The van der Waals surface area contributed by atoms with Crippen molar-refractivity contribution in [2.24, 2.45) is 0 Å². The van der Waals surface area contributed by atoms with Crippen LogP contribution in [-0.2, 0) is 13.0 Å². The van der Waals surface area contributed by atoms with Crippen molar-refractivity contribution in [3.63, 3.8) is 0 Å². The van der Waals surface area contributed by atoms with E-state index in [0.29, 0.717) is 0 Å². The Morgan fingerprint density at radius 1 is 1.38 bits per heavy atom. The van der Waals surface area contributed by atoms with Crippen molar-refractivity contribution in [3.8, 4) is 0 Å². The van der Waals surface area contributed by atoms with Gasteiger partial charge in [0.1, 0.15) is 0 Å². The predicted molar refractivity (Wildman–Crippen MR) is 53.7 cm³/mol. The topological polar surface area (TPSA) is 16.1 Å². The van der Waals surface area contributed by atoms with Gasteiger partial charge in [0.25, 0.3) is 0 Å². The molecule has 2 nitrogen and oxygen atoms in total. The fourth-order valence-electron chi connectivity index (χ4n) is 2.04. The molecule has 0 unspecified atom stereocenters. The molecular weight excluding hydrogens is 160 g/mol. The minimum atomic E-state index is 1.06. The molecule has 0 amide bonds. The van der Waals surface area contributed by atoms with Gasteiger partial charge in [0.05, 0.1) is 0 Å². The van der Waals surface area contributed by atoms with E-state index in [0.717, 1.165) is 12.2 Å². The summed E-state index contributed by atoms with van der Waals surface area (Å²) >= 11 is 0. The summed E-state index contributed by atoms with van der Waals surface area (Å²) < 4.78 is 0. The van der Waals surface area contributed by atoms with Crippen molar-refractivity contribution in [1.82, 2.24) is 9.88 Å². The molecule has 1 aromatic heterocycles. The minimum absolute atomic E-state index is 1.06. The Morgan fingerprint density at radius 3 is 2.92 bits per heavy atom. The van der Waals surface area contributed by atoms with E-state index < -0.39 is 0 Å². The average molecular weight is 176 g/mol. The van der Waals surface area contributed by atoms with Crippen LogP contribution in [-0.4, -0.2) is 23.5 Å². The van der Waals surface area contributed by atoms with Gasteiger partial charge in [-0.15, -0.1) is 0 Å². The average Bonchev–Trinajstić information content (AvgIpc) is 2.06. The number of likely N-dealkylation sites (N-methyl/N-ethyl adjacent to an activating group) is 1. The molecule has 2 heterocycles. The number of pyridine rings is 1. The first kappa shape index (κ1) is 8.70. The Balaban J connectivity index is 2.47. The largest absolute Gasteiger partial charge is 0.302 e. The summed E-state index contributed by atoms with van der Waals surface area (Å²) in [5.74, 6) is 0. The van der Waals surface area contributed by atoms with Crippen molar-refractivity contribution in [1.29, 1.82) is 0 Å². The highest BCUT2D eigenvalue weighted by molar-refractivity contribution is 5.33. The molecular formula is C11H16N2. The molecule has 0 fully saturated rings. The van der Waals surface area contributed by atoms with Crippen LogP contribution < -0.4 is 0 Å². The number of aryl methyl sites for hydroxylation is 2. The maximum absolute atomic E-state index is 4.49. The summed E-state index contributed by atoms with van der Waals surface area (Å²) in [5, 5.41) is 0. The lowest BCUT2D eigenvalue weighted by Crippen LogP contribution is -2.27. The van der Waals surface area contributed by atoms with Crippen LogP contribution in [0.25, 0.3) is 0 Å². The molecule has 0 atom stereocenters. The summed E-state index contributed by atoms with van der Waals surface area (Å²) in [6.07, 6.45) is 1.18. The Morgan fingerprint density at radius 2 is 2.15 bits per heavy atom. The number of rotatable bonds is 0. The number of fused-ring (bicyclic) bond motifs is 1. The molecule has 2 rings (SSSR count). The normalized spacial score (nSPS) is 17.2. The van der Waals surface area contributed by atoms with Gasteiger partial charge in [-0.2, -0.15) is 0 Å². The van der Waals surface area contributed by atoms with E-state index in [1.807, 2.05) is 0 Å². The van der Waals surface area contributed by atoms with Gasteiger partial charge < -0.3 is 4.90 Å². The van der Waals surface area contributed by atoms with Gasteiger partial charge in [0.15, 0.2) is 0 Å². The summed E-state index contributed by atoms with van der Waals surface area (Å²) in [4.78, 5) is 6.85. The lowest BCUT2D eigenvalue weighted by atomic mass is 9.99. The first-order chi connectivity index (χ1) is 6.16. The van der Waals surface area contributed by atoms with Crippen LogP contribution in [0.5, 0.6) is 0 Å². The fraction of sp³-hybridized carbons (Fsp3) is 0.545. The van der Waals surface area contributed by atoms with Crippen molar-refractivity contribution in [2.45, 2.75) is 26.8 Å². The highest BCUT2D eigenvalue weighted by atomic mass is 15.1. The summed E-state index contributed by atoms with van der Waals surface area (Å²) in [7, 11) is 2.17. The van der Waals surface area contributed by atoms with Crippen molar-refractivity contribution < 1.29 is 0 Å². The molecule has 1 aromatic rings. The molecule has 0 radical (unpaired) electrons. The molecule has 1 aliphatic rings. The molecule has 0 spiro atoms. The Kier molecular flexibility index (Phi) is 2.08. The van der Waals surface area contributed by atoms with E-state index in [2.05, 4.69) is 36.8 Å². The van der Waals surface area contributed by atoms with Crippen LogP contribution in [0.3, 0.4) is 0 Å². The maximum atomic E-state index is 4.49. The first-order valence-corrected chi connectivity index (χ1v) is 4.81. The summed E-state index contributed by atoms with van der Waals surface area (Å²) in [5.41, 5.74) is 5.31. The molecule has 1 aliphatic heterocycles. The maximum Gasteiger partial charge on any atom is 0.0423 e. The number of hydrogen-bond donors (Lipinski definition) is 0. The third-order valence-electron chi connectivity index (χ3n) is 2.74. The van der Waals surface area contributed by atoms with Crippen molar-refractivity contribution in [2.75, 3.05) is 13.6 Å². The van der Waals surface area contributed by atoms with E-state index in [-0.39, 0.29) is 0 Å². The SMILES string of the molecule is Cc1cc2c(c(C)n1)CN(C)CC2. The van der Waals surface area contributed by atoms with Gasteiger partial charge in [0, 0.05) is 24.5 Å². The molecule has 13 heavy (non-hydrogen) atoms. The lowest BCUT2D eigenvalue weighted by molar-refractivity contribution is 0.311. The zero-order valence-electron chi connectivity index (χ0n) is 8.59. The number of hydrogen-bond acceptors (Lipinski definition) is 2. The molecule has 2 heteroatoms. The van der Waals surface area contributed by atoms with Gasteiger partial charge in [-0.05, 0) is 44.5 Å². The smallest absolute Gasteiger partial charge is 0.0423 e. The van der Waals surface area contributed by atoms with Gasteiger partial charge in [0.2, 0.25) is 0 Å². The van der Waals surface area contributed by atoms with Crippen LogP contribution in [0.2, 0.25) is 0 Å². The monoisotopic (exact) mass is 176 g/mol. The van der Waals surface area contributed by atoms with Gasteiger partial charge in [-0.25, -0.2) is 0 Å². The standard InChI is InChI=1S/C11H16N2/c1-8-6-10-4-5-13(3)7-11(10)9(2)12-8/h6H,4-5,7H2,1-3H3.